The van der Waals surface area contributed by atoms with Gasteiger partial charge in [0.1, 0.15) is 11.3 Å². The second-order valence-electron chi connectivity index (χ2n) is 8.12. The van der Waals surface area contributed by atoms with E-state index in [-0.39, 0.29) is 35.3 Å². The summed E-state index contributed by atoms with van der Waals surface area (Å²) < 4.78 is 49.6. The number of alkyl halides is 3. The third kappa shape index (κ3) is 4.11. The fourth-order valence-corrected chi connectivity index (χ4v) is 4.93. The predicted molar refractivity (Wildman–Crippen MR) is 99.5 cm³/mol. The van der Waals surface area contributed by atoms with E-state index >= 15 is 0 Å². The van der Waals surface area contributed by atoms with Gasteiger partial charge in [0.25, 0.3) is 5.91 Å². The summed E-state index contributed by atoms with van der Waals surface area (Å²) in [4.78, 5) is 23.7. The normalized spacial score (nSPS) is 24.6. The Morgan fingerprint density at radius 1 is 1.28 bits per heavy atom. The zero-order valence-corrected chi connectivity index (χ0v) is 15.9. The number of ether oxygens (including phenoxy) is 1. The Labute approximate surface area is 165 Å². The molecule has 0 spiro atoms. The number of halogens is 3. The number of hydrogen-bond acceptors (Lipinski definition) is 4. The van der Waals surface area contributed by atoms with Gasteiger partial charge in [-0.3, -0.25) is 4.79 Å². The fourth-order valence-electron chi connectivity index (χ4n) is 4.93. The van der Waals surface area contributed by atoms with Crippen LogP contribution in [0.1, 0.15) is 38.2 Å². The molecule has 1 aromatic carbocycles. The Bertz CT molecular complexity index is 984. The minimum atomic E-state index is -4.67. The highest BCUT2D eigenvalue weighted by molar-refractivity contribution is 5.82. The summed E-state index contributed by atoms with van der Waals surface area (Å²) >= 11 is 0. The second kappa shape index (κ2) is 7.39. The van der Waals surface area contributed by atoms with E-state index in [0.717, 1.165) is 12.3 Å². The van der Waals surface area contributed by atoms with E-state index in [0.29, 0.717) is 17.9 Å². The molecule has 2 fully saturated rings. The van der Waals surface area contributed by atoms with E-state index in [9.17, 15) is 22.8 Å². The van der Waals surface area contributed by atoms with Crippen molar-refractivity contribution in [2.75, 3.05) is 6.61 Å². The van der Waals surface area contributed by atoms with Crippen molar-refractivity contribution in [3.8, 4) is 5.75 Å². The van der Waals surface area contributed by atoms with Crippen molar-refractivity contribution < 1.29 is 27.1 Å². The summed E-state index contributed by atoms with van der Waals surface area (Å²) in [5, 5.41) is 2.73. The van der Waals surface area contributed by atoms with Crippen molar-refractivity contribution in [2.45, 2.75) is 44.8 Å². The molecule has 0 aliphatic heterocycles. The van der Waals surface area contributed by atoms with E-state index < -0.39 is 17.4 Å². The molecule has 1 heterocycles. The van der Waals surface area contributed by atoms with Crippen molar-refractivity contribution in [2.24, 2.45) is 17.8 Å². The van der Waals surface area contributed by atoms with Crippen LogP contribution < -0.4 is 15.7 Å². The van der Waals surface area contributed by atoms with Crippen LogP contribution in [0.3, 0.4) is 0 Å². The highest BCUT2D eigenvalue weighted by atomic mass is 19.4. The van der Waals surface area contributed by atoms with Gasteiger partial charge in [0.05, 0.1) is 5.56 Å². The molecule has 2 aliphatic carbocycles. The smallest absolute Gasteiger partial charge is 0.417 e. The molecule has 2 saturated carbocycles. The maximum atomic E-state index is 13.1. The lowest BCUT2D eigenvalue weighted by atomic mass is 9.84. The summed E-state index contributed by atoms with van der Waals surface area (Å²) in [6.07, 6.45) is 0.251. The SMILES string of the molecule is C[C@@H](NC(=O)COc1ccc2c(C(F)(F)F)cc(=O)oc2c1)[C@H]1C[C@H]2CC[C@H]1C2. The molecule has 1 N–H and O–H groups in total. The molecule has 2 bridgehead atoms. The quantitative estimate of drug-likeness (QED) is 0.754. The van der Waals surface area contributed by atoms with Crippen molar-refractivity contribution in [1.82, 2.24) is 5.32 Å². The van der Waals surface area contributed by atoms with Crippen LogP contribution in [-0.4, -0.2) is 18.6 Å². The number of rotatable bonds is 5. The maximum Gasteiger partial charge on any atom is 0.417 e. The second-order valence-corrected chi connectivity index (χ2v) is 8.12. The lowest BCUT2D eigenvalue weighted by molar-refractivity contribution is -0.136. The van der Waals surface area contributed by atoms with Crippen LogP contribution in [0.25, 0.3) is 11.0 Å². The van der Waals surface area contributed by atoms with Crippen LogP contribution >= 0.6 is 0 Å². The summed E-state index contributed by atoms with van der Waals surface area (Å²) in [7, 11) is 0. The number of carbonyl (C=O) groups is 1. The van der Waals surface area contributed by atoms with Crippen LogP contribution in [0.4, 0.5) is 13.2 Å². The molecule has 156 valence electrons. The van der Waals surface area contributed by atoms with Crippen molar-refractivity contribution in [1.29, 1.82) is 0 Å². The first kappa shape index (κ1) is 19.8. The monoisotopic (exact) mass is 409 g/mol. The standard InChI is InChI=1S/C21H22F3NO4/c1-11(16-7-12-2-3-13(16)6-12)25-19(26)10-28-14-4-5-15-17(21(22,23)24)9-20(27)29-18(15)8-14/h4-5,8-9,11-13,16H,2-3,6-7,10H2,1H3,(H,25,26)/t11-,12+,13+,16-/m1/s1. The number of fused-ring (bicyclic) bond motifs is 3. The molecule has 8 heteroatoms. The Kier molecular flexibility index (Phi) is 5.04. The number of hydrogen-bond donors (Lipinski definition) is 1. The molecule has 2 aliphatic rings. The van der Waals surface area contributed by atoms with Gasteiger partial charge in [0.2, 0.25) is 0 Å². The molecule has 4 rings (SSSR count). The van der Waals surface area contributed by atoms with Crippen LogP contribution in [0.15, 0.2) is 33.5 Å². The molecule has 0 radical (unpaired) electrons. The Hall–Kier alpha value is -2.51. The van der Waals surface area contributed by atoms with E-state index in [1.165, 1.54) is 37.5 Å². The van der Waals surface area contributed by atoms with Gasteiger partial charge in [-0.2, -0.15) is 13.2 Å². The zero-order valence-electron chi connectivity index (χ0n) is 15.9. The van der Waals surface area contributed by atoms with Gasteiger partial charge in [-0.1, -0.05) is 6.42 Å². The predicted octanol–water partition coefficient (Wildman–Crippen LogP) is 4.13. The van der Waals surface area contributed by atoms with Gasteiger partial charge in [-0.05, 0) is 56.1 Å². The Morgan fingerprint density at radius 3 is 2.72 bits per heavy atom. The number of amides is 1. The highest BCUT2D eigenvalue weighted by Crippen LogP contribution is 2.49. The van der Waals surface area contributed by atoms with Gasteiger partial charge in [-0.25, -0.2) is 4.79 Å². The molecule has 29 heavy (non-hydrogen) atoms. The number of benzene rings is 1. The van der Waals surface area contributed by atoms with Gasteiger partial charge >= 0.3 is 11.8 Å². The first-order chi connectivity index (χ1) is 13.7. The lowest BCUT2D eigenvalue weighted by Gasteiger charge is -2.28. The average molecular weight is 409 g/mol. The number of nitrogens with one attached hydrogen (secondary N) is 1. The van der Waals surface area contributed by atoms with Crippen molar-refractivity contribution in [3.05, 3.63) is 40.2 Å². The summed E-state index contributed by atoms with van der Waals surface area (Å²) in [5.41, 5.74) is -2.40. The van der Waals surface area contributed by atoms with Crippen LogP contribution in [0.5, 0.6) is 5.75 Å². The topological polar surface area (TPSA) is 68.5 Å². The minimum absolute atomic E-state index is 0.0605. The van der Waals surface area contributed by atoms with E-state index in [1.54, 1.807) is 0 Å². The third-order valence-corrected chi connectivity index (χ3v) is 6.21. The lowest BCUT2D eigenvalue weighted by Crippen LogP contribution is -2.42. The first-order valence-corrected chi connectivity index (χ1v) is 9.78. The average Bonchev–Trinajstić information content (AvgIpc) is 3.28. The molecule has 1 aromatic heterocycles. The van der Waals surface area contributed by atoms with Crippen molar-refractivity contribution in [3.63, 3.8) is 0 Å². The Balaban J connectivity index is 1.40. The molecule has 5 nitrogen and oxygen atoms in total. The fraction of sp³-hybridized carbons (Fsp3) is 0.524. The van der Waals surface area contributed by atoms with Crippen molar-refractivity contribution >= 4 is 16.9 Å². The molecule has 0 unspecified atom stereocenters. The van der Waals surface area contributed by atoms with Gasteiger partial charge in [0, 0.05) is 23.6 Å². The molecular weight excluding hydrogens is 387 g/mol. The molecule has 1 amide bonds. The summed E-state index contributed by atoms with van der Waals surface area (Å²) in [6.45, 7) is 1.74. The van der Waals surface area contributed by atoms with E-state index in [4.69, 9.17) is 9.15 Å². The van der Waals surface area contributed by atoms with Crippen LogP contribution in [0.2, 0.25) is 0 Å². The van der Waals surface area contributed by atoms with Crippen LogP contribution in [-0.2, 0) is 11.0 Å². The van der Waals surface area contributed by atoms with E-state index in [2.05, 4.69) is 5.32 Å². The Morgan fingerprint density at radius 2 is 2.07 bits per heavy atom. The molecular formula is C21H22F3NO4. The minimum Gasteiger partial charge on any atom is -0.484 e. The number of carbonyl (C=O) groups excluding carboxylic acids is 1. The molecule has 2 aromatic rings. The maximum absolute atomic E-state index is 13.1. The highest BCUT2D eigenvalue weighted by Gasteiger charge is 2.42. The van der Waals surface area contributed by atoms with Gasteiger partial charge < -0.3 is 14.5 Å². The summed E-state index contributed by atoms with van der Waals surface area (Å²) in [5.74, 6) is 1.83. The van der Waals surface area contributed by atoms with Gasteiger partial charge in [0.15, 0.2) is 6.61 Å². The third-order valence-electron chi connectivity index (χ3n) is 6.21. The van der Waals surface area contributed by atoms with Crippen LogP contribution in [0, 0.1) is 17.8 Å². The largest absolute Gasteiger partial charge is 0.484 e. The molecule has 0 saturated heterocycles. The zero-order chi connectivity index (χ0) is 20.8. The summed E-state index contributed by atoms with van der Waals surface area (Å²) in [6, 6.07) is 4.17. The van der Waals surface area contributed by atoms with E-state index in [1.807, 2.05) is 6.92 Å². The van der Waals surface area contributed by atoms with Gasteiger partial charge in [-0.15, -0.1) is 0 Å². The first-order valence-electron chi connectivity index (χ1n) is 9.78. The molecule has 4 atom stereocenters.